The lowest BCUT2D eigenvalue weighted by Crippen LogP contribution is -2.14. The van der Waals surface area contributed by atoms with Crippen LogP contribution in [0.2, 0.25) is 0 Å². The molecule has 0 radical (unpaired) electrons. The van der Waals surface area contributed by atoms with Gasteiger partial charge >= 0.3 is 5.97 Å². The first kappa shape index (κ1) is 12.4. The van der Waals surface area contributed by atoms with Gasteiger partial charge in [-0.25, -0.2) is 9.18 Å². The van der Waals surface area contributed by atoms with Gasteiger partial charge in [-0.1, -0.05) is 15.9 Å². The van der Waals surface area contributed by atoms with E-state index in [4.69, 9.17) is 9.84 Å². The molecule has 0 aromatic heterocycles. The summed E-state index contributed by atoms with van der Waals surface area (Å²) in [4.78, 5) is 11.0. The van der Waals surface area contributed by atoms with Crippen LogP contribution in [0.25, 0.3) is 0 Å². The number of halogens is 2. The maximum absolute atomic E-state index is 13.5. The van der Waals surface area contributed by atoms with Crippen LogP contribution in [-0.4, -0.2) is 17.2 Å². The van der Waals surface area contributed by atoms with Crippen molar-refractivity contribution in [2.45, 2.75) is 31.8 Å². The second-order valence-corrected chi connectivity index (χ2v) is 5.01. The highest BCUT2D eigenvalue weighted by molar-refractivity contribution is 9.10. The number of hydrogen-bond donors (Lipinski definition) is 1. The van der Waals surface area contributed by atoms with Crippen molar-refractivity contribution >= 4 is 21.9 Å². The number of carbonyl (C=O) groups is 1. The normalized spacial score (nSPS) is 16.1. The molecular weight excluding hydrogens is 291 g/mol. The van der Waals surface area contributed by atoms with Crippen LogP contribution in [0.3, 0.4) is 0 Å². The van der Waals surface area contributed by atoms with E-state index in [1.807, 2.05) is 0 Å². The Labute approximate surface area is 107 Å². The summed E-state index contributed by atoms with van der Waals surface area (Å²) in [5.74, 6) is -1.97. The summed E-state index contributed by atoms with van der Waals surface area (Å²) in [6.45, 7) is 0. The molecule has 1 saturated carbocycles. The molecule has 5 heteroatoms. The largest absolute Gasteiger partial charge is 0.489 e. The van der Waals surface area contributed by atoms with E-state index in [1.54, 1.807) is 0 Å². The number of carboxylic acids is 1. The highest BCUT2D eigenvalue weighted by atomic mass is 79.9. The molecule has 17 heavy (non-hydrogen) atoms. The van der Waals surface area contributed by atoms with E-state index in [0.717, 1.165) is 31.7 Å². The van der Waals surface area contributed by atoms with Crippen molar-refractivity contribution in [1.29, 1.82) is 0 Å². The van der Waals surface area contributed by atoms with Crippen molar-refractivity contribution in [2.75, 3.05) is 0 Å². The minimum Gasteiger partial charge on any atom is -0.489 e. The summed E-state index contributed by atoms with van der Waals surface area (Å²) in [7, 11) is 0. The second-order valence-electron chi connectivity index (χ2n) is 4.09. The lowest BCUT2D eigenvalue weighted by atomic mass is 10.2. The van der Waals surface area contributed by atoms with Gasteiger partial charge in [0.25, 0.3) is 0 Å². The monoisotopic (exact) mass is 302 g/mol. The van der Waals surface area contributed by atoms with Crippen LogP contribution in [-0.2, 0) is 0 Å². The highest BCUT2D eigenvalue weighted by Crippen LogP contribution is 2.31. The van der Waals surface area contributed by atoms with Crippen LogP contribution in [0.15, 0.2) is 16.6 Å². The van der Waals surface area contributed by atoms with Gasteiger partial charge in [0.2, 0.25) is 0 Å². The van der Waals surface area contributed by atoms with Gasteiger partial charge in [-0.3, -0.25) is 0 Å². The molecular formula is C12H12BrFO3. The van der Waals surface area contributed by atoms with E-state index in [2.05, 4.69) is 15.9 Å². The van der Waals surface area contributed by atoms with E-state index in [0.29, 0.717) is 4.47 Å². The predicted molar refractivity (Wildman–Crippen MR) is 63.9 cm³/mol. The predicted octanol–water partition coefficient (Wildman–Crippen LogP) is 3.61. The van der Waals surface area contributed by atoms with Crippen molar-refractivity contribution < 1.29 is 19.0 Å². The third-order valence-corrected chi connectivity index (χ3v) is 3.29. The standard InChI is InChI=1S/C12H12BrFO3/c13-7-5-9(14)11(12(15)16)10(6-7)17-8-3-1-2-4-8/h5-6,8H,1-4H2,(H,15,16). The molecule has 1 fully saturated rings. The molecule has 1 N–H and O–H groups in total. The molecule has 92 valence electrons. The second kappa shape index (κ2) is 5.04. The van der Waals surface area contributed by atoms with E-state index in [9.17, 15) is 9.18 Å². The van der Waals surface area contributed by atoms with Gasteiger partial charge in [0.15, 0.2) is 0 Å². The average Bonchev–Trinajstić information content (AvgIpc) is 2.68. The molecule has 0 unspecified atom stereocenters. The number of ether oxygens (including phenoxy) is 1. The van der Waals surface area contributed by atoms with Crippen molar-refractivity contribution in [1.82, 2.24) is 0 Å². The summed E-state index contributed by atoms with van der Waals surface area (Å²) in [5.41, 5.74) is -0.389. The van der Waals surface area contributed by atoms with E-state index in [1.165, 1.54) is 6.07 Å². The molecule has 0 atom stereocenters. The third kappa shape index (κ3) is 2.77. The van der Waals surface area contributed by atoms with Gasteiger partial charge in [0.05, 0.1) is 6.10 Å². The fourth-order valence-corrected chi connectivity index (χ4v) is 2.45. The Balaban J connectivity index is 2.32. The van der Waals surface area contributed by atoms with Crippen LogP contribution in [0, 0.1) is 5.82 Å². The SMILES string of the molecule is O=C(O)c1c(F)cc(Br)cc1OC1CCCC1. The summed E-state index contributed by atoms with van der Waals surface area (Å²) in [6, 6.07) is 2.63. The van der Waals surface area contributed by atoms with E-state index < -0.39 is 11.8 Å². The maximum atomic E-state index is 13.5. The van der Waals surface area contributed by atoms with Crippen molar-refractivity contribution in [3.05, 3.63) is 28.0 Å². The smallest absolute Gasteiger partial charge is 0.342 e. The first-order valence-corrected chi connectivity index (χ1v) is 6.26. The minimum atomic E-state index is -1.30. The molecule has 3 nitrogen and oxygen atoms in total. The van der Waals surface area contributed by atoms with Gasteiger partial charge in [-0.15, -0.1) is 0 Å². The van der Waals surface area contributed by atoms with Crippen LogP contribution in [0.5, 0.6) is 5.75 Å². The van der Waals surface area contributed by atoms with Gasteiger partial charge in [0, 0.05) is 4.47 Å². The van der Waals surface area contributed by atoms with Gasteiger partial charge in [-0.2, -0.15) is 0 Å². The molecule has 1 aromatic carbocycles. The molecule has 0 bridgehead atoms. The minimum absolute atomic E-state index is 0.00167. The summed E-state index contributed by atoms with van der Waals surface area (Å²) < 4.78 is 19.6. The Morgan fingerprint density at radius 1 is 1.41 bits per heavy atom. The zero-order valence-corrected chi connectivity index (χ0v) is 10.7. The molecule has 2 rings (SSSR count). The topological polar surface area (TPSA) is 46.5 Å². The average molecular weight is 303 g/mol. The van der Waals surface area contributed by atoms with E-state index >= 15 is 0 Å². The number of hydrogen-bond acceptors (Lipinski definition) is 2. The lowest BCUT2D eigenvalue weighted by molar-refractivity contribution is 0.0683. The Morgan fingerprint density at radius 3 is 2.65 bits per heavy atom. The molecule has 1 aliphatic carbocycles. The fourth-order valence-electron chi connectivity index (χ4n) is 2.04. The Hall–Kier alpha value is -1.10. The fraction of sp³-hybridized carbons (Fsp3) is 0.417. The summed E-state index contributed by atoms with van der Waals surface area (Å²) in [5, 5.41) is 8.98. The Kier molecular flexibility index (Phi) is 3.66. The lowest BCUT2D eigenvalue weighted by Gasteiger charge is -2.15. The zero-order chi connectivity index (χ0) is 12.4. The van der Waals surface area contributed by atoms with Crippen molar-refractivity contribution in [3.8, 4) is 5.75 Å². The molecule has 0 amide bonds. The quantitative estimate of drug-likeness (QED) is 0.928. The first-order valence-electron chi connectivity index (χ1n) is 5.47. The van der Waals surface area contributed by atoms with Gasteiger partial charge in [0.1, 0.15) is 17.1 Å². The van der Waals surface area contributed by atoms with Gasteiger partial charge < -0.3 is 9.84 Å². The Bertz CT molecular complexity index is 442. The Morgan fingerprint density at radius 2 is 2.06 bits per heavy atom. The molecule has 1 aliphatic rings. The van der Waals surface area contributed by atoms with Crippen LogP contribution in [0.1, 0.15) is 36.0 Å². The van der Waals surface area contributed by atoms with Crippen LogP contribution >= 0.6 is 15.9 Å². The molecule has 0 aliphatic heterocycles. The number of carboxylic acid groups (broad SMARTS) is 1. The summed E-state index contributed by atoms with van der Waals surface area (Å²) >= 11 is 3.13. The number of rotatable bonds is 3. The molecule has 0 saturated heterocycles. The number of aromatic carboxylic acids is 1. The molecule has 1 aromatic rings. The zero-order valence-electron chi connectivity index (χ0n) is 9.08. The maximum Gasteiger partial charge on any atom is 0.342 e. The van der Waals surface area contributed by atoms with Crippen molar-refractivity contribution in [3.63, 3.8) is 0 Å². The van der Waals surface area contributed by atoms with Gasteiger partial charge in [-0.05, 0) is 37.8 Å². The summed E-state index contributed by atoms with van der Waals surface area (Å²) in [6.07, 6.45) is 3.94. The van der Waals surface area contributed by atoms with Crippen LogP contribution < -0.4 is 4.74 Å². The van der Waals surface area contributed by atoms with Crippen LogP contribution in [0.4, 0.5) is 4.39 Å². The first-order chi connectivity index (χ1) is 8.08. The molecule has 0 spiro atoms. The highest BCUT2D eigenvalue weighted by Gasteiger charge is 2.23. The van der Waals surface area contributed by atoms with Crippen molar-refractivity contribution in [2.24, 2.45) is 0 Å². The number of benzene rings is 1. The van der Waals surface area contributed by atoms with E-state index in [-0.39, 0.29) is 17.4 Å². The molecule has 0 heterocycles. The third-order valence-electron chi connectivity index (χ3n) is 2.83.